The van der Waals surface area contributed by atoms with Gasteiger partial charge in [-0.2, -0.15) is 0 Å². The summed E-state index contributed by atoms with van der Waals surface area (Å²) in [5.74, 6) is -1.88. The van der Waals surface area contributed by atoms with E-state index in [0.29, 0.717) is 29.8 Å². The van der Waals surface area contributed by atoms with Crippen LogP contribution in [0.5, 0.6) is 17.2 Å². The van der Waals surface area contributed by atoms with Crippen LogP contribution in [-0.4, -0.2) is 62.5 Å². The number of fused-ring (bicyclic) bond motifs is 7. The molecule has 3 saturated carbocycles. The fourth-order valence-corrected chi connectivity index (χ4v) is 9.91. The van der Waals surface area contributed by atoms with Crippen molar-refractivity contribution in [1.82, 2.24) is 0 Å². The molecule has 7 rings (SSSR count). The molecule has 1 saturated heterocycles. The number of hydrogen-bond donors (Lipinski definition) is 5. The molecule has 5 aliphatic rings. The quantitative estimate of drug-likeness (QED) is 0.235. The van der Waals surface area contributed by atoms with E-state index in [1.54, 1.807) is 50.2 Å². The standard InChI is InChI=1S/C35H39F2NO7/c1-32-10-9-21(40)14-25(32)26(36)15-24-23-12-19-13-29(18-3-8-28(27(41)11-18)44-22-6-4-20(38)5-7-22)45-35(19,31(43)17-39)33(23,2)16-30(42)34(24,32)37/h3-11,14,19,21,23-24,26,29-30,39-42H,12-13,15-17,38H2,1-2H3/t19-,21?,23-,24-,26-,29-,30-,32-,33-,34-,35-/m0/s1. The van der Waals surface area contributed by atoms with Gasteiger partial charge < -0.3 is 35.6 Å². The van der Waals surface area contributed by atoms with Gasteiger partial charge in [0.1, 0.15) is 24.1 Å². The first kappa shape index (κ1) is 30.3. The monoisotopic (exact) mass is 623 g/mol. The molecule has 45 heavy (non-hydrogen) atoms. The van der Waals surface area contributed by atoms with E-state index in [-0.39, 0.29) is 29.9 Å². The minimum Gasteiger partial charge on any atom is -0.504 e. The van der Waals surface area contributed by atoms with Gasteiger partial charge in [-0.05, 0) is 98.1 Å². The van der Waals surface area contributed by atoms with Gasteiger partial charge in [0.15, 0.2) is 23.0 Å². The molecule has 0 aromatic heterocycles. The molecule has 8 nitrogen and oxygen atoms in total. The summed E-state index contributed by atoms with van der Waals surface area (Å²) in [6.07, 6.45) is -0.132. The van der Waals surface area contributed by atoms with Crippen LogP contribution in [0.3, 0.4) is 0 Å². The van der Waals surface area contributed by atoms with E-state index in [4.69, 9.17) is 15.2 Å². The Morgan fingerprint density at radius 3 is 2.51 bits per heavy atom. The summed E-state index contributed by atoms with van der Waals surface area (Å²) >= 11 is 0. The van der Waals surface area contributed by atoms with Crippen LogP contribution in [0, 0.1) is 28.6 Å². The van der Waals surface area contributed by atoms with Crippen LogP contribution in [0.15, 0.2) is 66.3 Å². The predicted octanol–water partition coefficient (Wildman–Crippen LogP) is 4.87. The van der Waals surface area contributed by atoms with Gasteiger partial charge in [0, 0.05) is 22.4 Å². The lowest BCUT2D eigenvalue weighted by molar-refractivity contribution is -0.231. The third-order valence-corrected chi connectivity index (χ3v) is 11.9. The molecule has 4 fully saturated rings. The minimum absolute atomic E-state index is 0.130. The maximum absolute atomic E-state index is 17.6. The number of Topliss-reactive ketones (excluding diaryl/α,β-unsaturated/α-hetero) is 1. The summed E-state index contributed by atoms with van der Waals surface area (Å²) in [6.45, 7) is 2.58. The highest BCUT2D eigenvalue weighted by Crippen LogP contribution is 2.74. The summed E-state index contributed by atoms with van der Waals surface area (Å²) in [5, 5.41) is 42.9. The maximum atomic E-state index is 17.6. The van der Waals surface area contributed by atoms with Crippen molar-refractivity contribution in [3.63, 3.8) is 0 Å². The number of hydrogen-bond acceptors (Lipinski definition) is 8. The minimum atomic E-state index is -2.24. The highest BCUT2D eigenvalue weighted by atomic mass is 19.1. The number of allylic oxidation sites excluding steroid dienone is 2. The topological polar surface area (TPSA) is 142 Å². The zero-order chi connectivity index (χ0) is 32.1. The first-order chi connectivity index (χ1) is 21.3. The Bertz CT molecular complexity index is 1600. The Morgan fingerprint density at radius 1 is 1.09 bits per heavy atom. The third kappa shape index (κ3) is 3.98. The number of halogens is 2. The summed E-state index contributed by atoms with van der Waals surface area (Å²) in [5.41, 5.74) is 0.680. The SMILES string of the molecule is C[C@]12C=CC(O)C=C1[C@@H](F)C[C@H]1[C@@H]3C[C@H]4C[C@@H](c5ccc(Oc6ccc(N)cc6)c(O)c5)O[C@@]4(C(=O)CO)[C@@]3(C)C[C@H](O)[C@@]12F. The van der Waals surface area contributed by atoms with Crippen LogP contribution in [0.4, 0.5) is 14.5 Å². The molecular formula is C35H39F2NO7. The molecule has 0 amide bonds. The lowest BCUT2D eigenvalue weighted by atomic mass is 9.44. The number of anilines is 1. The van der Waals surface area contributed by atoms with Crippen molar-refractivity contribution >= 4 is 11.5 Å². The zero-order valence-corrected chi connectivity index (χ0v) is 25.2. The zero-order valence-electron chi connectivity index (χ0n) is 25.2. The fraction of sp³-hybridized carbons (Fsp3) is 0.514. The van der Waals surface area contributed by atoms with Gasteiger partial charge in [0.2, 0.25) is 0 Å². The second-order valence-corrected chi connectivity index (χ2v) is 14.0. The number of carbonyl (C=O) groups is 1. The second kappa shape index (κ2) is 10.1. The predicted molar refractivity (Wildman–Crippen MR) is 161 cm³/mol. The largest absolute Gasteiger partial charge is 0.504 e. The Hall–Kier alpha value is -3.31. The molecule has 11 atom stereocenters. The molecule has 2 aromatic carbocycles. The Labute approximate surface area is 260 Å². The number of benzene rings is 2. The van der Waals surface area contributed by atoms with Crippen LogP contribution in [-0.2, 0) is 9.53 Å². The van der Waals surface area contributed by atoms with Gasteiger partial charge >= 0.3 is 0 Å². The van der Waals surface area contributed by atoms with Crippen molar-refractivity contribution < 1.29 is 43.5 Å². The average molecular weight is 624 g/mol. The van der Waals surface area contributed by atoms with Gasteiger partial charge in [-0.3, -0.25) is 4.79 Å². The van der Waals surface area contributed by atoms with Gasteiger partial charge in [0.25, 0.3) is 0 Å². The van der Waals surface area contributed by atoms with E-state index in [1.165, 1.54) is 24.3 Å². The van der Waals surface area contributed by atoms with Crippen molar-refractivity contribution in [3.8, 4) is 17.2 Å². The van der Waals surface area contributed by atoms with Crippen molar-refractivity contribution in [2.75, 3.05) is 12.3 Å². The molecular weight excluding hydrogens is 584 g/mol. The number of nitrogen functional groups attached to an aromatic ring is 1. The Morgan fingerprint density at radius 2 is 1.82 bits per heavy atom. The highest BCUT2D eigenvalue weighted by Gasteiger charge is 2.79. The van der Waals surface area contributed by atoms with Crippen molar-refractivity contribution in [2.45, 2.75) is 75.3 Å². The van der Waals surface area contributed by atoms with Crippen LogP contribution < -0.4 is 10.5 Å². The lowest BCUT2D eigenvalue weighted by Gasteiger charge is -2.63. The number of aromatic hydroxyl groups is 1. The lowest BCUT2D eigenvalue weighted by Crippen LogP contribution is -2.70. The number of ketones is 1. The molecule has 1 aliphatic heterocycles. The van der Waals surface area contributed by atoms with Crippen molar-refractivity contribution in [2.24, 2.45) is 28.6 Å². The number of carbonyl (C=O) groups excluding carboxylic acids is 1. The summed E-state index contributed by atoms with van der Waals surface area (Å²) in [6, 6.07) is 11.6. The van der Waals surface area contributed by atoms with E-state index in [2.05, 4.69) is 0 Å². The summed E-state index contributed by atoms with van der Waals surface area (Å²) < 4.78 is 46.0. The first-order valence-corrected chi connectivity index (χ1v) is 15.6. The first-order valence-electron chi connectivity index (χ1n) is 15.6. The van der Waals surface area contributed by atoms with E-state index in [1.807, 2.05) is 0 Å². The molecule has 1 unspecified atom stereocenters. The van der Waals surface area contributed by atoms with Crippen LogP contribution in [0.2, 0.25) is 0 Å². The van der Waals surface area contributed by atoms with E-state index in [9.17, 15) is 25.2 Å². The van der Waals surface area contributed by atoms with Crippen LogP contribution in [0.1, 0.15) is 51.2 Å². The molecule has 1 heterocycles. The number of ether oxygens (including phenoxy) is 2. The molecule has 0 spiro atoms. The number of aliphatic hydroxyl groups is 3. The molecule has 0 radical (unpaired) electrons. The number of alkyl halides is 2. The second-order valence-electron chi connectivity index (χ2n) is 14.0. The highest BCUT2D eigenvalue weighted by molar-refractivity contribution is 5.91. The Kier molecular flexibility index (Phi) is 6.81. The fourth-order valence-electron chi connectivity index (χ4n) is 9.91. The maximum Gasteiger partial charge on any atom is 0.190 e. The van der Waals surface area contributed by atoms with E-state index in [0.717, 1.165) is 0 Å². The van der Waals surface area contributed by atoms with Gasteiger partial charge in [-0.15, -0.1) is 0 Å². The molecule has 6 N–H and O–H groups in total. The molecule has 4 aliphatic carbocycles. The average Bonchev–Trinajstić information content (AvgIpc) is 3.51. The molecule has 240 valence electrons. The summed E-state index contributed by atoms with van der Waals surface area (Å²) in [4.78, 5) is 13.8. The molecule has 10 heteroatoms. The van der Waals surface area contributed by atoms with Crippen molar-refractivity contribution in [1.29, 1.82) is 0 Å². The van der Waals surface area contributed by atoms with E-state index < -0.39 is 76.7 Å². The summed E-state index contributed by atoms with van der Waals surface area (Å²) in [7, 11) is 0. The number of phenolic OH excluding ortho intramolecular Hbond substituents is 1. The van der Waals surface area contributed by atoms with Crippen LogP contribution >= 0.6 is 0 Å². The van der Waals surface area contributed by atoms with Gasteiger partial charge in [-0.25, -0.2) is 8.78 Å². The van der Waals surface area contributed by atoms with Gasteiger partial charge in [-0.1, -0.05) is 25.1 Å². The smallest absolute Gasteiger partial charge is 0.190 e. The number of rotatable bonds is 5. The molecule has 0 bridgehead atoms. The molecule has 2 aromatic rings. The van der Waals surface area contributed by atoms with Gasteiger partial charge in [0.05, 0.1) is 18.3 Å². The van der Waals surface area contributed by atoms with Crippen molar-refractivity contribution in [3.05, 3.63) is 71.8 Å². The number of aliphatic hydroxyl groups excluding tert-OH is 3. The van der Waals surface area contributed by atoms with Crippen LogP contribution in [0.25, 0.3) is 0 Å². The van der Waals surface area contributed by atoms with E-state index >= 15 is 8.78 Å². The normalized spacial score (nSPS) is 43.1. The third-order valence-electron chi connectivity index (χ3n) is 11.9. The Balaban J connectivity index is 1.22. The number of nitrogens with two attached hydrogens (primary N) is 1. The number of phenols is 1.